The van der Waals surface area contributed by atoms with Crippen molar-refractivity contribution in [2.45, 2.75) is 32.6 Å². The third-order valence-corrected chi connectivity index (χ3v) is 2.30. The number of aryl methyl sites for hydroxylation is 1. The Morgan fingerprint density at radius 2 is 2.27 bits per heavy atom. The average molecular weight is 206 g/mol. The molecule has 0 saturated heterocycles. The summed E-state index contributed by atoms with van der Waals surface area (Å²) in [6, 6.07) is 1.67. The van der Waals surface area contributed by atoms with Gasteiger partial charge < -0.3 is 4.74 Å². The molecular formula is C11H14N2O2. The number of esters is 1. The molecule has 1 aliphatic carbocycles. The zero-order valence-corrected chi connectivity index (χ0v) is 8.99. The van der Waals surface area contributed by atoms with Crippen LogP contribution in [0, 0.1) is 6.92 Å². The molecule has 0 unspecified atom stereocenters. The van der Waals surface area contributed by atoms with Crippen molar-refractivity contribution >= 4 is 5.97 Å². The van der Waals surface area contributed by atoms with E-state index in [1.807, 2.05) is 6.92 Å². The van der Waals surface area contributed by atoms with Gasteiger partial charge in [0.05, 0.1) is 6.61 Å². The summed E-state index contributed by atoms with van der Waals surface area (Å²) >= 11 is 0. The molecule has 1 aromatic heterocycles. The highest BCUT2D eigenvalue weighted by atomic mass is 16.5. The first kappa shape index (κ1) is 10.1. The minimum Gasteiger partial charge on any atom is -0.461 e. The Labute approximate surface area is 88.7 Å². The van der Waals surface area contributed by atoms with Gasteiger partial charge in [-0.05, 0) is 32.8 Å². The van der Waals surface area contributed by atoms with Crippen molar-refractivity contribution in [3.05, 3.63) is 23.3 Å². The van der Waals surface area contributed by atoms with Gasteiger partial charge in [-0.15, -0.1) is 0 Å². The molecule has 4 heteroatoms. The van der Waals surface area contributed by atoms with Crippen molar-refractivity contribution in [1.29, 1.82) is 0 Å². The van der Waals surface area contributed by atoms with Crippen LogP contribution in [0.2, 0.25) is 0 Å². The Hall–Kier alpha value is -1.45. The lowest BCUT2D eigenvalue weighted by Crippen LogP contribution is -2.10. The van der Waals surface area contributed by atoms with Gasteiger partial charge in [0.25, 0.3) is 0 Å². The molecule has 0 spiro atoms. The van der Waals surface area contributed by atoms with Crippen LogP contribution in [0.1, 0.15) is 47.7 Å². The van der Waals surface area contributed by atoms with Crippen LogP contribution in [0.15, 0.2) is 6.07 Å². The predicted octanol–water partition coefficient (Wildman–Crippen LogP) is 1.84. The van der Waals surface area contributed by atoms with E-state index in [4.69, 9.17) is 4.74 Å². The number of hydrogen-bond donors (Lipinski definition) is 0. The summed E-state index contributed by atoms with van der Waals surface area (Å²) in [4.78, 5) is 20.0. The van der Waals surface area contributed by atoms with Crippen LogP contribution < -0.4 is 0 Å². The van der Waals surface area contributed by atoms with Gasteiger partial charge in [0.1, 0.15) is 5.82 Å². The van der Waals surface area contributed by atoms with E-state index in [1.165, 1.54) is 0 Å². The maximum Gasteiger partial charge on any atom is 0.357 e. The molecule has 2 rings (SSSR count). The van der Waals surface area contributed by atoms with Crippen LogP contribution >= 0.6 is 0 Å². The molecule has 0 amide bonds. The van der Waals surface area contributed by atoms with Crippen LogP contribution in [0.25, 0.3) is 0 Å². The highest BCUT2D eigenvalue weighted by Gasteiger charge is 2.27. The molecule has 0 N–H and O–H groups in total. The van der Waals surface area contributed by atoms with Crippen molar-refractivity contribution in [3.63, 3.8) is 0 Å². The Balaban J connectivity index is 2.26. The van der Waals surface area contributed by atoms with E-state index in [2.05, 4.69) is 9.97 Å². The van der Waals surface area contributed by atoms with Gasteiger partial charge in [-0.2, -0.15) is 0 Å². The van der Waals surface area contributed by atoms with E-state index in [0.717, 1.165) is 24.4 Å². The van der Waals surface area contributed by atoms with E-state index in [9.17, 15) is 4.79 Å². The van der Waals surface area contributed by atoms with Crippen LogP contribution in [-0.2, 0) is 4.74 Å². The van der Waals surface area contributed by atoms with E-state index < -0.39 is 0 Å². The maximum absolute atomic E-state index is 11.5. The van der Waals surface area contributed by atoms with E-state index in [-0.39, 0.29) is 5.97 Å². The summed E-state index contributed by atoms with van der Waals surface area (Å²) in [6.07, 6.45) is 2.26. The number of aromatic nitrogens is 2. The van der Waals surface area contributed by atoms with Crippen molar-refractivity contribution in [3.8, 4) is 0 Å². The highest BCUT2D eigenvalue weighted by Crippen LogP contribution is 2.38. The van der Waals surface area contributed by atoms with Crippen LogP contribution in [-0.4, -0.2) is 22.5 Å². The number of hydrogen-bond acceptors (Lipinski definition) is 4. The molecule has 1 aliphatic rings. The molecule has 80 valence electrons. The first-order chi connectivity index (χ1) is 7.20. The van der Waals surface area contributed by atoms with Gasteiger partial charge in [-0.25, -0.2) is 14.8 Å². The first-order valence-corrected chi connectivity index (χ1v) is 5.23. The topological polar surface area (TPSA) is 52.1 Å². The van der Waals surface area contributed by atoms with E-state index in [1.54, 1.807) is 13.0 Å². The van der Waals surface area contributed by atoms with Gasteiger partial charge in [0.2, 0.25) is 0 Å². The zero-order chi connectivity index (χ0) is 10.8. The Morgan fingerprint density at radius 3 is 2.87 bits per heavy atom. The molecule has 0 radical (unpaired) electrons. The van der Waals surface area contributed by atoms with E-state index >= 15 is 0 Å². The van der Waals surface area contributed by atoms with Crippen molar-refractivity contribution in [2.24, 2.45) is 0 Å². The average Bonchev–Trinajstić information content (AvgIpc) is 3.00. The Morgan fingerprint density at radius 1 is 1.53 bits per heavy atom. The molecular weight excluding hydrogens is 192 g/mol. The van der Waals surface area contributed by atoms with Crippen molar-refractivity contribution in [1.82, 2.24) is 9.97 Å². The largest absolute Gasteiger partial charge is 0.461 e. The van der Waals surface area contributed by atoms with Gasteiger partial charge in [0.15, 0.2) is 5.69 Å². The predicted molar refractivity (Wildman–Crippen MR) is 54.7 cm³/mol. The zero-order valence-electron chi connectivity index (χ0n) is 8.99. The van der Waals surface area contributed by atoms with Crippen LogP contribution in [0.5, 0.6) is 0 Å². The number of carbonyl (C=O) groups is 1. The maximum atomic E-state index is 11.5. The number of ether oxygens (including phenoxy) is 1. The van der Waals surface area contributed by atoms with Gasteiger partial charge in [-0.1, -0.05) is 0 Å². The SMILES string of the molecule is CCOC(=O)c1cc(C)nc(C2CC2)n1. The molecule has 0 aromatic carbocycles. The van der Waals surface area contributed by atoms with Crippen LogP contribution in [0.4, 0.5) is 0 Å². The molecule has 1 saturated carbocycles. The number of carbonyl (C=O) groups excluding carboxylic acids is 1. The summed E-state index contributed by atoms with van der Waals surface area (Å²) in [6.45, 7) is 4.03. The summed E-state index contributed by atoms with van der Waals surface area (Å²) in [5.74, 6) is 0.890. The molecule has 1 fully saturated rings. The summed E-state index contributed by atoms with van der Waals surface area (Å²) < 4.78 is 4.91. The second kappa shape index (κ2) is 3.96. The molecule has 0 atom stereocenters. The molecule has 4 nitrogen and oxygen atoms in total. The fraction of sp³-hybridized carbons (Fsp3) is 0.545. The van der Waals surface area contributed by atoms with Gasteiger partial charge >= 0.3 is 5.97 Å². The monoisotopic (exact) mass is 206 g/mol. The fourth-order valence-electron chi connectivity index (χ4n) is 1.43. The number of rotatable bonds is 3. The third kappa shape index (κ3) is 2.32. The Kier molecular flexibility index (Phi) is 2.66. The van der Waals surface area contributed by atoms with Crippen molar-refractivity contribution in [2.75, 3.05) is 6.61 Å². The van der Waals surface area contributed by atoms with Crippen molar-refractivity contribution < 1.29 is 9.53 Å². The normalized spacial score (nSPS) is 15.1. The van der Waals surface area contributed by atoms with Gasteiger partial charge in [-0.3, -0.25) is 0 Å². The molecule has 0 aliphatic heterocycles. The lowest BCUT2D eigenvalue weighted by Gasteiger charge is -2.04. The van der Waals surface area contributed by atoms with Gasteiger partial charge in [0, 0.05) is 11.6 Å². The second-order valence-corrected chi connectivity index (χ2v) is 3.75. The molecule has 0 bridgehead atoms. The fourth-order valence-corrected chi connectivity index (χ4v) is 1.43. The Bertz CT molecular complexity index is 386. The third-order valence-electron chi connectivity index (χ3n) is 2.30. The lowest BCUT2D eigenvalue weighted by molar-refractivity contribution is 0.0518. The number of nitrogens with zero attached hydrogens (tertiary/aromatic N) is 2. The molecule has 1 aromatic rings. The summed E-state index contributed by atoms with van der Waals surface area (Å²) in [5, 5.41) is 0. The van der Waals surface area contributed by atoms with Crippen LogP contribution in [0.3, 0.4) is 0 Å². The quantitative estimate of drug-likeness (QED) is 0.708. The lowest BCUT2D eigenvalue weighted by atomic mass is 10.3. The minimum absolute atomic E-state index is 0.357. The first-order valence-electron chi connectivity index (χ1n) is 5.23. The molecule has 15 heavy (non-hydrogen) atoms. The smallest absolute Gasteiger partial charge is 0.357 e. The highest BCUT2D eigenvalue weighted by molar-refractivity contribution is 5.87. The standard InChI is InChI=1S/C11H14N2O2/c1-3-15-11(14)9-6-7(2)12-10(13-9)8-4-5-8/h6,8H,3-5H2,1-2H3. The summed E-state index contributed by atoms with van der Waals surface area (Å²) in [7, 11) is 0. The van der Waals surface area contributed by atoms with E-state index in [0.29, 0.717) is 18.2 Å². The molecule has 1 heterocycles. The minimum atomic E-state index is -0.357. The summed E-state index contributed by atoms with van der Waals surface area (Å²) in [5.41, 5.74) is 1.21. The second-order valence-electron chi connectivity index (χ2n) is 3.75.